The van der Waals surface area contributed by atoms with Gasteiger partial charge in [0.05, 0.1) is 6.61 Å². The summed E-state index contributed by atoms with van der Waals surface area (Å²) in [5.74, 6) is 1.05. The first-order valence-electron chi connectivity index (χ1n) is 4.92. The lowest BCUT2D eigenvalue weighted by Gasteiger charge is -2.01. The number of aliphatic hydroxyl groups excluding tert-OH is 1. The van der Waals surface area contributed by atoms with E-state index >= 15 is 0 Å². The standard InChI is InChI=1S/C11H15ClO2S/c12-11-5-3-10(4-6-11)2-1-8-15(14)9-7-13/h3-6,13H,1-2,7-9H2. The van der Waals surface area contributed by atoms with Crippen LogP contribution in [0.5, 0.6) is 0 Å². The Morgan fingerprint density at radius 3 is 2.47 bits per heavy atom. The number of rotatable bonds is 6. The van der Waals surface area contributed by atoms with Crippen molar-refractivity contribution in [3.8, 4) is 0 Å². The molecule has 15 heavy (non-hydrogen) atoms. The van der Waals surface area contributed by atoms with E-state index in [4.69, 9.17) is 16.7 Å². The summed E-state index contributed by atoms with van der Waals surface area (Å²) < 4.78 is 11.2. The van der Waals surface area contributed by atoms with Crippen molar-refractivity contribution in [3.63, 3.8) is 0 Å². The molecule has 0 saturated carbocycles. The van der Waals surface area contributed by atoms with Gasteiger partial charge >= 0.3 is 0 Å². The van der Waals surface area contributed by atoms with Crippen LogP contribution >= 0.6 is 11.6 Å². The van der Waals surface area contributed by atoms with Crippen LogP contribution in [0.4, 0.5) is 0 Å². The van der Waals surface area contributed by atoms with Gasteiger partial charge in [0.2, 0.25) is 0 Å². The van der Waals surface area contributed by atoms with E-state index in [1.165, 1.54) is 5.56 Å². The second-order valence-electron chi connectivity index (χ2n) is 3.30. The third-order valence-electron chi connectivity index (χ3n) is 2.07. The highest BCUT2D eigenvalue weighted by Crippen LogP contribution is 2.11. The van der Waals surface area contributed by atoms with E-state index in [0.717, 1.165) is 17.9 Å². The second-order valence-corrected chi connectivity index (χ2v) is 5.43. The fourth-order valence-corrected chi connectivity index (χ4v) is 2.29. The maximum Gasteiger partial charge on any atom is 0.0546 e. The maximum atomic E-state index is 11.2. The minimum absolute atomic E-state index is 0.00750. The molecule has 2 nitrogen and oxygen atoms in total. The molecule has 1 unspecified atom stereocenters. The minimum Gasteiger partial charge on any atom is -0.395 e. The minimum atomic E-state index is -0.874. The molecule has 1 atom stereocenters. The Morgan fingerprint density at radius 1 is 1.20 bits per heavy atom. The summed E-state index contributed by atoms with van der Waals surface area (Å²) in [4.78, 5) is 0. The normalized spacial score (nSPS) is 12.7. The van der Waals surface area contributed by atoms with E-state index in [2.05, 4.69) is 0 Å². The molecule has 0 amide bonds. The smallest absolute Gasteiger partial charge is 0.0546 e. The quantitative estimate of drug-likeness (QED) is 0.834. The fraction of sp³-hybridized carbons (Fsp3) is 0.455. The van der Waals surface area contributed by atoms with Crippen molar-refractivity contribution in [2.75, 3.05) is 18.1 Å². The predicted octanol–water partition coefficient (Wildman–Crippen LogP) is 2.01. The van der Waals surface area contributed by atoms with Crippen molar-refractivity contribution < 1.29 is 9.32 Å². The summed E-state index contributed by atoms with van der Waals surface area (Å²) in [5, 5.41) is 9.31. The molecule has 0 aliphatic carbocycles. The van der Waals surface area contributed by atoms with Crippen molar-refractivity contribution in [2.45, 2.75) is 12.8 Å². The first kappa shape index (κ1) is 12.7. The molecule has 0 spiro atoms. The lowest BCUT2D eigenvalue weighted by atomic mass is 10.1. The van der Waals surface area contributed by atoms with Crippen LogP contribution in [0, 0.1) is 0 Å². The first-order chi connectivity index (χ1) is 7.22. The Kier molecular flexibility index (Phi) is 5.91. The summed E-state index contributed by atoms with van der Waals surface area (Å²) in [6.45, 7) is 0.00750. The van der Waals surface area contributed by atoms with E-state index in [9.17, 15) is 4.21 Å². The van der Waals surface area contributed by atoms with E-state index in [0.29, 0.717) is 11.5 Å². The molecule has 1 N–H and O–H groups in total. The number of benzene rings is 1. The third-order valence-corrected chi connectivity index (χ3v) is 3.70. The van der Waals surface area contributed by atoms with E-state index < -0.39 is 10.8 Å². The number of hydrogen-bond acceptors (Lipinski definition) is 2. The number of halogens is 1. The topological polar surface area (TPSA) is 37.3 Å². The molecule has 0 fully saturated rings. The van der Waals surface area contributed by atoms with Crippen molar-refractivity contribution in [1.29, 1.82) is 0 Å². The SMILES string of the molecule is O=S(CCO)CCCc1ccc(Cl)cc1. The Morgan fingerprint density at radius 2 is 1.87 bits per heavy atom. The van der Waals surface area contributed by atoms with Crippen molar-refractivity contribution in [3.05, 3.63) is 34.9 Å². The van der Waals surface area contributed by atoms with Crippen LogP contribution in [-0.4, -0.2) is 27.4 Å². The van der Waals surface area contributed by atoms with E-state index in [-0.39, 0.29) is 6.61 Å². The van der Waals surface area contributed by atoms with Gasteiger partial charge in [0.1, 0.15) is 0 Å². The predicted molar refractivity (Wildman–Crippen MR) is 64.7 cm³/mol. The largest absolute Gasteiger partial charge is 0.395 e. The molecule has 0 aliphatic heterocycles. The zero-order valence-corrected chi connectivity index (χ0v) is 10.1. The van der Waals surface area contributed by atoms with Crippen LogP contribution in [0.2, 0.25) is 5.02 Å². The van der Waals surface area contributed by atoms with Gasteiger partial charge in [-0.3, -0.25) is 4.21 Å². The molecule has 1 aromatic rings. The number of hydrogen-bond donors (Lipinski definition) is 1. The average Bonchev–Trinajstić information content (AvgIpc) is 2.21. The molecule has 0 aliphatic rings. The second kappa shape index (κ2) is 6.99. The van der Waals surface area contributed by atoms with Crippen LogP contribution in [0.15, 0.2) is 24.3 Å². The summed E-state index contributed by atoms with van der Waals surface area (Å²) in [7, 11) is -0.874. The fourth-order valence-electron chi connectivity index (χ4n) is 1.29. The summed E-state index contributed by atoms with van der Waals surface area (Å²) in [6.07, 6.45) is 1.79. The van der Waals surface area contributed by atoms with Crippen LogP contribution in [0.3, 0.4) is 0 Å². The summed E-state index contributed by atoms with van der Waals surface area (Å²) in [5.41, 5.74) is 1.21. The molecule has 0 bridgehead atoms. The lowest BCUT2D eigenvalue weighted by Crippen LogP contribution is -2.06. The van der Waals surface area contributed by atoms with E-state index in [1.54, 1.807) is 0 Å². The molecular formula is C11H15ClO2S. The van der Waals surface area contributed by atoms with Gasteiger partial charge in [-0.1, -0.05) is 23.7 Å². The number of aliphatic hydroxyl groups is 1. The first-order valence-corrected chi connectivity index (χ1v) is 6.79. The Hall–Kier alpha value is -0.380. The van der Waals surface area contributed by atoms with Gasteiger partial charge in [0, 0.05) is 27.3 Å². The summed E-state index contributed by atoms with van der Waals surface area (Å²) >= 11 is 5.76. The van der Waals surface area contributed by atoms with Gasteiger partial charge in [-0.2, -0.15) is 0 Å². The lowest BCUT2D eigenvalue weighted by molar-refractivity contribution is 0.321. The average molecular weight is 247 g/mol. The molecule has 0 saturated heterocycles. The molecule has 0 radical (unpaired) electrons. The Bertz CT molecular complexity index is 311. The molecular weight excluding hydrogens is 232 g/mol. The summed E-state index contributed by atoms with van der Waals surface area (Å²) in [6, 6.07) is 7.69. The monoisotopic (exact) mass is 246 g/mol. The highest BCUT2D eigenvalue weighted by atomic mass is 35.5. The third kappa shape index (κ3) is 5.30. The molecule has 0 aromatic heterocycles. The van der Waals surface area contributed by atoms with Gasteiger partial charge < -0.3 is 5.11 Å². The van der Waals surface area contributed by atoms with E-state index in [1.807, 2.05) is 24.3 Å². The van der Waals surface area contributed by atoms with Crippen LogP contribution < -0.4 is 0 Å². The van der Waals surface area contributed by atoms with Crippen molar-refractivity contribution in [1.82, 2.24) is 0 Å². The van der Waals surface area contributed by atoms with Crippen LogP contribution in [-0.2, 0) is 17.2 Å². The van der Waals surface area contributed by atoms with Crippen LogP contribution in [0.1, 0.15) is 12.0 Å². The van der Waals surface area contributed by atoms with Gasteiger partial charge in [-0.05, 0) is 30.5 Å². The molecule has 4 heteroatoms. The highest BCUT2D eigenvalue weighted by Gasteiger charge is 1.99. The molecule has 1 aromatic carbocycles. The molecule has 1 rings (SSSR count). The van der Waals surface area contributed by atoms with Gasteiger partial charge in [0.15, 0.2) is 0 Å². The maximum absolute atomic E-state index is 11.2. The van der Waals surface area contributed by atoms with Crippen molar-refractivity contribution >= 4 is 22.4 Å². The Balaban J connectivity index is 2.26. The number of aryl methyl sites for hydroxylation is 1. The van der Waals surface area contributed by atoms with Crippen LogP contribution in [0.25, 0.3) is 0 Å². The zero-order chi connectivity index (χ0) is 11.1. The van der Waals surface area contributed by atoms with Gasteiger partial charge in [-0.15, -0.1) is 0 Å². The highest BCUT2D eigenvalue weighted by molar-refractivity contribution is 7.84. The van der Waals surface area contributed by atoms with Gasteiger partial charge in [0.25, 0.3) is 0 Å². The Labute approximate surface area is 97.7 Å². The van der Waals surface area contributed by atoms with Gasteiger partial charge in [-0.25, -0.2) is 0 Å². The molecule has 0 heterocycles. The zero-order valence-electron chi connectivity index (χ0n) is 8.49. The van der Waals surface area contributed by atoms with Crippen molar-refractivity contribution in [2.24, 2.45) is 0 Å². The molecule has 84 valence electrons.